The average molecular weight is 403 g/mol. The third-order valence-electron chi connectivity index (χ3n) is 5.73. The molecule has 3 heteroatoms. The molecule has 30 heavy (non-hydrogen) atoms. The monoisotopic (exact) mass is 402 g/mol. The van der Waals surface area contributed by atoms with Crippen LogP contribution in [0, 0.1) is 6.92 Å². The summed E-state index contributed by atoms with van der Waals surface area (Å²) >= 11 is 0. The lowest BCUT2D eigenvalue weighted by molar-refractivity contribution is 0.390. The Morgan fingerprint density at radius 2 is 1.37 bits per heavy atom. The van der Waals surface area contributed by atoms with Gasteiger partial charge in [0.25, 0.3) is 0 Å². The molecule has 0 fully saturated rings. The predicted molar refractivity (Wildman–Crippen MR) is 133 cm³/mol. The maximum Gasteiger partial charge on any atom is 0.132 e. The molecule has 0 radical (unpaired) electrons. The Labute approximate surface area is 182 Å². The molecule has 3 nitrogen and oxygen atoms in total. The van der Waals surface area contributed by atoms with Crippen molar-refractivity contribution in [2.45, 2.75) is 13.0 Å². The summed E-state index contributed by atoms with van der Waals surface area (Å²) in [6.45, 7) is 2.19. The molecule has 0 spiro atoms. The fourth-order valence-electron chi connectivity index (χ4n) is 3.92. The summed E-state index contributed by atoms with van der Waals surface area (Å²) in [5.41, 5.74) is 8.87. The Bertz CT molecular complexity index is 968. The van der Waals surface area contributed by atoms with Crippen LogP contribution in [-0.4, -0.2) is 60.3 Å². The maximum atomic E-state index is 2.31. The van der Waals surface area contributed by atoms with Gasteiger partial charge in [-0.3, -0.25) is 9.38 Å². The number of hydrogen-bond acceptors (Lipinski definition) is 2. The van der Waals surface area contributed by atoms with Crippen molar-refractivity contribution in [3.05, 3.63) is 89.0 Å². The fraction of sp³-hybridized carbons (Fsp3) is 0.333. The van der Waals surface area contributed by atoms with Crippen molar-refractivity contribution < 1.29 is 0 Å². The Morgan fingerprint density at radius 1 is 0.800 bits per heavy atom. The van der Waals surface area contributed by atoms with Gasteiger partial charge >= 0.3 is 0 Å². The highest BCUT2D eigenvalue weighted by Gasteiger charge is 2.17. The van der Waals surface area contributed by atoms with Gasteiger partial charge in [0.1, 0.15) is 5.69 Å². The van der Waals surface area contributed by atoms with E-state index in [9.17, 15) is 0 Å². The number of aryl methyl sites for hydroxylation is 1. The zero-order chi connectivity index (χ0) is 22.1. The third-order valence-corrected chi connectivity index (χ3v) is 5.73. The molecule has 0 unspecified atom stereocenters. The fourth-order valence-corrected chi connectivity index (χ4v) is 3.92. The van der Waals surface area contributed by atoms with Gasteiger partial charge in [0.2, 0.25) is 0 Å². The number of quaternary nitrogens is 1. The van der Waals surface area contributed by atoms with Crippen molar-refractivity contribution in [2.75, 3.05) is 54.2 Å². The number of likely N-dealkylation sites (N-methyl/N-ethyl adjacent to an activating group) is 1. The molecule has 0 aromatic heterocycles. The van der Waals surface area contributed by atoms with E-state index in [-0.39, 0.29) is 0 Å². The van der Waals surface area contributed by atoms with Crippen LogP contribution < -0.4 is 9.38 Å². The lowest BCUT2D eigenvalue weighted by Gasteiger charge is -2.24. The molecular formula is C27H36N3+. The van der Waals surface area contributed by atoms with Crippen LogP contribution in [0.25, 0.3) is 5.57 Å². The van der Waals surface area contributed by atoms with Crippen LogP contribution in [-0.2, 0) is 0 Å². The number of anilines is 1. The van der Waals surface area contributed by atoms with Crippen LogP contribution in [0.3, 0.4) is 0 Å². The van der Waals surface area contributed by atoms with Crippen LogP contribution in [0.5, 0.6) is 0 Å². The van der Waals surface area contributed by atoms with E-state index >= 15 is 0 Å². The van der Waals surface area contributed by atoms with E-state index in [1.54, 1.807) is 0 Å². The van der Waals surface area contributed by atoms with Crippen molar-refractivity contribution >= 4 is 16.9 Å². The van der Waals surface area contributed by atoms with Crippen LogP contribution in [0.15, 0.2) is 72.3 Å². The first-order valence-corrected chi connectivity index (χ1v) is 10.6. The smallest absolute Gasteiger partial charge is 0.132 e. The number of hydrogen-bond donors (Lipinski definition) is 0. The first-order chi connectivity index (χ1) is 14.1. The van der Waals surface area contributed by atoms with E-state index in [2.05, 4.69) is 133 Å². The molecule has 0 amide bonds. The van der Waals surface area contributed by atoms with Crippen molar-refractivity contribution in [2.24, 2.45) is 0 Å². The summed E-state index contributed by atoms with van der Waals surface area (Å²) in [6.07, 6.45) is 9.08. The summed E-state index contributed by atoms with van der Waals surface area (Å²) in [7, 11) is 15.0. The summed E-state index contributed by atoms with van der Waals surface area (Å²) in [4.78, 5) is 4.39. The second kappa shape index (κ2) is 8.63. The largest absolute Gasteiger partial charge is 0.377 e. The predicted octanol–water partition coefficient (Wildman–Crippen LogP) is 5.12. The molecule has 158 valence electrons. The highest BCUT2D eigenvalue weighted by atomic mass is 15.3. The van der Waals surface area contributed by atoms with E-state index in [0.29, 0.717) is 6.04 Å². The molecule has 1 aliphatic rings. The Balaban J connectivity index is 2.14. The molecular weight excluding hydrogens is 366 g/mol. The van der Waals surface area contributed by atoms with Gasteiger partial charge in [0, 0.05) is 25.8 Å². The first kappa shape index (κ1) is 22.1. The zero-order valence-corrected chi connectivity index (χ0v) is 19.8. The number of allylic oxidation sites excluding steroid dienone is 3. The molecule has 0 saturated carbocycles. The van der Waals surface area contributed by atoms with Gasteiger partial charge in [-0.15, -0.1) is 0 Å². The van der Waals surface area contributed by atoms with Crippen molar-refractivity contribution in [3.8, 4) is 0 Å². The lowest BCUT2D eigenvalue weighted by atomic mass is 9.89. The van der Waals surface area contributed by atoms with E-state index in [4.69, 9.17) is 0 Å². The minimum absolute atomic E-state index is 0.341. The highest BCUT2D eigenvalue weighted by Crippen LogP contribution is 2.33. The van der Waals surface area contributed by atoms with Crippen LogP contribution in [0.1, 0.15) is 16.7 Å². The van der Waals surface area contributed by atoms with Gasteiger partial charge < -0.3 is 4.90 Å². The SMILES string of the molecule is Cc1cc(C(=C2C=CC(N(C)C)C=C2)c2ccc([N+](C)(C)C)cc2)ccc1N(C)C. The Hall–Kier alpha value is -2.62. The number of rotatable bonds is 5. The molecule has 0 heterocycles. The highest BCUT2D eigenvalue weighted by molar-refractivity contribution is 5.87. The number of nitrogens with zero attached hydrogens (tertiary/aromatic N) is 3. The van der Waals surface area contributed by atoms with Crippen LogP contribution in [0.4, 0.5) is 11.4 Å². The maximum absolute atomic E-state index is 2.31. The molecule has 0 atom stereocenters. The van der Waals surface area contributed by atoms with Gasteiger partial charge in [-0.2, -0.15) is 0 Å². The van der Waals surface area contributed by atoms with Gasteiger partial charge in [-0.05, 0) is 85.3 Å². The summed E-state index contributed by atoms with van der Waals surface area (Å²) < 4.78 is 0.813. The lowest BCUT2D eigenvalue weighted by Crippen LogP contribution is -2.34. The number of benzene rings is 2. The molecule has 1 aliphatic carbocycles. The molecule has 2 aromatic carbocycles. The average Bonchev–Trinajstić information content (AvgIpc) is 2.68. The molecule has 2 aromatic rings. The molecule has 0 aliphatic heterocycles. The quantitative estimate of drug-likeness (QED) is 0.641. The van der Waals surface area contributed by atoms with E-state index in [1.165, 1.54) is 39.2 Å². The minimum atomic E-state index is 0.341. The van der Waals surface area contributed by atoms with Crippen molar-refractivity contribution in [1.82, 2.24) is 9.38 Å². The second-order valence-electron chi connectivity index (χ2n) is 9.46. The van der Waals surface area contributed by atoms with Crippen LogP contribution >= 0.6 is 0 Å². The van der Waals surface area contributed by atoms with E-state index < -0.39 is 0 Å². The first-order valence-electron chi connectivity index (χ1n) is 10.6. The molecule has 0 bridgehead atoms. The molecule has 0 N–H and O–H groups in total. The van der Waals surface area contributed by atoms with E-state index in [0.717, 1.165) is 4.48 Å². The normalized spacial score (nSPS) is 16.3. The summed E-state index contributed by atoms with van der Waals surface area (Å²) in [6, 6.07) is 16.1. The molecule has 3 rings (SSSR count). The van der Waals surface area contributed by atoms with Crippen LogP contribution in [0.2, 0.25) is 0 Å². The van der Waals surface area contributed by atoms with E-state index in [1.807, 2.05) is 0 Å². The van der Waals surface area contributed by atoms with Gasteiger partial charge in [0.05, 0.1) is 21.1 Å². The Kier molecular flexibility index (Phi) is 6.35. The standard InChI is InChI=1S/C27H36N3/c1-20-19-23(13-18-26(20)29(4)5)27(21-9-14-24(15-10-21)28(2)3)22-11-16-25(17-12-22)30(6,7)8/h9-19,24H,1-8H3/q+1. The van der Waals surface area contributed by atoms with Gasteiger partial charge in [-0.1, -0.05) is 30.4 Å². The van der Waals surface area contributed by atoms with Gasteiger partial charge in [-0.25, -0.2) is 0 Å². The van der Waals surface area contributed by atoms with Gasteiger partial charge in [0.15, 0.2) is 0 Å². The topological polar surface area (TPSA) is 6.48 Å². The Morgan fingerprint density at radius 3 is 1.83 bits per heavy atom. The zero-order valence-electron chi connectivity index (χ0n) is 19.8. The van der Waals surface area contributed by atoms with Crippen molar-refractivity contribution in [1.29, 1.82) is 0 Å². The summed E-state index contributed by atoms with van der Waals surface area (Å²) in [5, 5.41) is 0. The molecule has 0 saturated heterocycles. The third kappa shape index (κ3) is 4.75. The second-order valence-corrected chi connectivity index (χ2v) is 9.46. The van der Waals surface area contributed by atoms with Crippen molar-refractivity contribution in [3.63, 3.8) is 0 Å². The minimum Gasteiger partial charge on any atom is -0.377 e. The summed E-state index contributed by atoms with van der Waals surface area (Å²) in [5.74, 6) is 0.